The van der Waals surface area contributed by atoms with Gasteiger partial charge in [0.1, 0.15) is 18.2 Å². The van der Waals surface area contributed by atoms with Crippen molar-refractivity contribution in [1.82, 2.24) is 0 Å². The quantitative estimate of drug-likeness (QED) is 0.475. The van der Waals surface area contributed by atoms with Crippen LogP contribution in [-0.4, -0.2) is 14.2 Å². The van der Waals surface area contributed by atoms with Crippen molar-refractivity contribution in [2.24, 2.45) is 0 Å². The van der Waals surface area contributed by atoms with Crippen LogP contribution < -0.4 is 19.5 Å². The van der Waals surface area contributed by atoms with Crippen molar-refractivity contribution in [3.05, 3.63) is 82.1 Å². The SMILES string of the molecule is COc1ccc(NCc2cc(OC)c(OCc3ccccc3F)cc2Br)cc1. The van der Waals surface area contributed by atoms with Crippen LogP contribution in [0.5, 0.6) is 17.2 Å². The molecule has 0 fully saturated rings. The molecule has 0 radical (unpaired) electrons. The van der Waals surface area contributed by atoms with Crippen LogP contribution in [0.3, 0.4) is 0 Å². The van der Waals surface area contributed by atoms with Gasteiger partial charge in [-0.2, -0.15) is 0 Å². The fourth-order valence-corrected chi connectivity index (χ4v) is 3.12. The van der Waals surface area contributed by atoms with Gasteiger partial charge in [0.25, 0.3) is 0 Å². The van der Waals surface area contributed by atoms with Gasteiger partial charge in [0.15, 0.2) is 11.5 Å². The molecular weight excluding hydrogens is 425 g/mol. The van der Waals surface area contributed by atoms with E-state index >= 15 is 0 Å². The molecule has 28 heavy (non-hydrogen) atoms. The van der Waals surface area contributed by atoms with Crippen LogP contribution in [0.4, 0.5) is 10.1 Å². The number of methoxy groups -OCH3 is 2. The summed E-state index contributed by atoms with van der Waals surface area (Å²) in [5, 5.41) is 3.36. The lowest BCUT2D eigenvalue weighted by Gasteiger charge is -2.15. The van der Waals surface area contributed by atoms with Crippen LogP contribution in [0, 0.1) is 5.82 Å². The summed E-state index contributed by atoms with van der Waals surface area (Å²) >= 11 is 3.58. The summed E-state index contributed by atoms with van der Waals surface area (Å²) in [6.45, 7) is 0.718. The molecule has 0 unspecified atom stereocenters. The van der Waals surface area contributed by atoms with Crippen LogP contribution in [-0.2, 0) is 13.2 Å². The average Bonchev–Trinajstić information content (AvgIpc) is 2.72. The first-order valence-corrected chi connectivity index (χ1v) is 9.50. The second-order valence-corrected chi connectivity index (χ2v) is 6.91. The van der Waals surface area contributed by atoms with Crippen molar-refractivity contribution in [2.75, 3.05) is 19.5 Å². The zero-order valence-electron chi connectivity index (χ0n) is 15.7. The summed E-state index contributed by atoms with van der Waals surface area (Å²) in [6, 6.07) is 18.0. The van der Waals surface area contributed by atoms with Crippen molar-refractivity contribution < 1.29 is 18.6 Å². The van der Waals surface area contributed by atoms with Gasteiger partial charge in [-0.15, -0.1) is 0 Å². The smallest absolute Gasteiger partial charge is 0.162 e. The standard InChI is InChI=1S/C22H21BrFNO3/c1-26-18-9-7-17(8-10-18)25-13-16-11-21(27-2)22(12-19(16)23)28-14-15-5-3-4-6-20(15)24/h3-12,25H,13-14H2,1-2H3. The Kier molecular flexibility index (Phi) is 6.76. The van der Waals surface area contributed by atoms with Crippen LogP contribution >= 0.6 is 15.9 Å². The summed E-state index contributed by atoms with van der Waals surface area (Å²) < 4.78 is 31.1. The Balaban J connectivity index is 1.70. The third-order valence-corrected chi connectivity index (χ3v) is 4.98. The van der Waals surface area contributed by atoms with Gasteiger partial charge in [0.05, 0.1) is 14.2 Å². The molecule has 0 aliphatic carbocycles. The highest BCUT2D eigenvalue weighted by atomic mass is 79.9. The lowest BCUT2D eigenvalue weighted by atomic mass is 10.2. The van der Waals surface area contributed by atoms with Gasteiger partial charge in [-0.25, -0.2) is 4.39 Å². The van der Waals surface area contributed by atoms with Gasteiger partial charge in [-0.1, -0.05) is 34.1 Å². The molecule has 6 heteroatoms. The molecule has 0 amide bonds. The topological polar surface area (TPSA) is 39.7 Å². The minimum atomic E-state index is -0.291. The number of ether oxygens (including phenoxy) is 3. The summed E-state index contributed by atoms with van der Waals surface area (Å²) in [4.78, 5) is 0. The molecule has 0 aliphatic heterocycles. The minimum absolute atomic E-state index is 0.124. The number of hydrogen-bond donors (Lipinski definition) is 1. The molecule has 0 heterocycles. The van der Waals surface area contributed by atoms with Crippen molar-refractivity contribution in [3.8, 4) is 17.2 Å². The molecule has 0 aliphatic rings. The van der Waals surface area contributed by atoms with E-state index in [4.69, 9.17) is 14.2 Å². The number of anilines is 1. The van der Waals surface area contributed by atoms with Crippen LogP contribution in [0.25, 0.3) is 0 Å². The molecule has 0 saturated carbocycles. The highest BCUT2D eigenvalue weighted by Gasteiger charge is 2.12. The van der Waals surface area contributed by atoms with E-state index < -0.39 is 0 Å². The van der Waals surface area contributed by atoms with E-state index in [0.29, 0.717) is 23.6 Å². The van der Waals surface area contributed by atoms with E-state index in [9.17, 15) is 4.39 Å². The lowest BCUT2D eigenvalue weighted by Crippen LogP contribution is -2.03. The molecule has 0 atom stereocenters. The molecule has 0 aromatic heterocycles. The highest BCUT2D eigenvalue weighted by Crippen LogP contribution is 2.34. The molecule has 146 valence electrons. The maximum Gasteiger partial charge on any atom is 0.162 e. The molecule has 0 spiro atoms. The molecule has 1 N–H and O–H groups in total. The summed E-state index contributed by atoms with van der Waals surface area (Å²) in [5.74, 6) is 1.66. The molecule has 4 nitrogen and oxygen atoms in total. The zero-order chi connectivity index (χ0) is 19.9. The molecule has 3 rings (SSSR count). The number of rotatable bonds is 8. The number of benzene rings is 3. The fourth-order valence-electron chi connectivity index (χ4n) is 2.66. The minimum Gasteiger partial charge on any atom is -0.497 e. The molecular formula is C22H21BrFNO3. The Hall–Kier alpha value is -2.73. The first kappa shape index (κ1) is 20.0. The Morgan fingerprint density at radius 2 is 1.64 bits per heavy atom. The first-order valence-electron chi connectivity index (χ1n) is 8.71. The predicted molar refractivity (Wildman–Crippen MR) is 112 cm³/mol. The van der Waals surface area contributed by atoms with Crippen molar-refractivity contribution >= 4 is 21.6 Å². The van der Waals surface area contributed by atoms with Crippen molar-refractivity contribution in [1.29, 1.82) is 0 Å². The van der Waals surface area contributed by atoms with Gasteiger partial charge in [-0.3, -0.25) is 0 Å². The molecule has 3 aromatic rings. The fraction of sp³-hybridized carbons (Fsp3) is 0.182. The van der Waals surface area contributed by atoms with E-state index in [-0.39, 0.29) is 12.4 Å². The number of halogens is 2. The van der Waals surface area contributed by atoms with E-state index in [0.717, 1.165) is 21.5 Å². The van der Waals surface area contributed by atoms with E-state index in [1.165, 1.54) is 6.07 Å². The number of hydrogen-bond acceptors (Lipinski definition) is 4. The Bertz CT molecular complexity index is 932. The van der Waals surface area contributed by atoms with Gasteiger partial charge >= 0.3 is 0 Å². The highest BCUT2D eigenvalue weighted by molar-refractivity contribution is 9.10. The van der Waals surface area contributed by atoms with Crippen molar-refractivity contribution in [2.45, 2.75) is 13.2 Å². The van der Waals surface area contributed by atoms with Crippen LogP contribution in [0.2, 0.25) is 0 Å². The Labute approximate surface area is 172 Å². The van der Waals surface area contributed by atoms with Gasteiger partial charge in [0, 0.05) is 22.3 Å². The van der Waals surface area contributed by atoms with Crippen molar-refractivity contribution in [3.63, 3.8) is 0 Å². The number of nitrogens with one attached hydrogen (secondary N) is 1. The third kappa shape index (κ3) is 4.95. The zero-order valence-corrected chi connectivity index (χ0v) is 17.3. The summed E-state index contributed by atoms with van der Waals surface area (Å²) in [5.41, 5.74) is 2.48. The molecule has 0 saturated heterocycles. The van der Waals surface area contributed by atoms with Crippen LogP contribution in [0.15, 0.2) is 65.1 Å². The maximum absolute atomic E-state index is 13.8. The second-order valence-electron chi connectivity index (χ2n) is 6.06. The van der Waals surface area contributed by atoms with E-state index in [2.05, 4.69) is 21.2 Å². The molecule has 3 aromatic carbocycles. The summed E-state index contributed by atoms with van der Waals surface area (Å²) in [6.07, 6.45) is 0. The van der Waals surface area contributed by atoms with E-state index in [1.807, 2.05) is 36.4 Å². The Morgan fingerprint density at radius 3 is 2.32 bits per heavy atom. The van der Waals surface area contributed by atoms with Gasteiger partial charge < -0.3 is 19.5 Å². The van der Waals surface area contributed by atoms with Gasteiger partial charge in [-0.05, 0) is 48.0 Å². The summed E-state index contributed by atoms with van der Waals surface area (Å²) in [7, 11) is 3.22. The normalized spacial score (nSPS) is 10.4. The predicted octanol–water partition coefficient (Wildman–Crippen LogP) is 5.80. The second kappa shape index (κ2) is 9.46. The monoisotopic (exact) mass is 445 g/mol. The molecule has 0 bridgehead atoms. The first-order chi connectivity index (χ1) is 13.6. The Morgan fingerprint density at radius 1 is 0.893 bits per heavy atom. The third-order valence-electron chi connectivity index (χ3n) is 4.25. The van der Waals surface area contributed by atoms with Gasteiger partial charge in [0.2, 0.25) is 0 Å². The average molecular weight is 446 g/mol. The van der Waals surface area contributed by atoms with E-state index in [1.54, 1.807) is 32.4 Å². The maximum atomic E-state index is 13.8. The van der Waals surface area contributed by atoms with Crippen LogP contribution in [0.1, 0.15) is 11.1 Å². The largest absolute Gasteiger partial charge is 0.497 e. The lowest BCUT2D eigenvalue weighted by molar-refractivity contribution is 0.279.